The van der Waals surface area contributed by atoms with Crippen molar-refractivity contribution >= 4 is 21.4 Å². The fourth-order valence-corrected chi connectivity index (χ4v) is 3.18. The van der Waals surface area contributed by atoms with Gasteiger partial charge in [0.2, 0.25) is 0 Å². The minimum atomic E-state index is -4.02. The number of benzene rings is 2. The monoisotopic (exact) mass is 336 g/mol. The Labute approximate surface area is 136 Å². The van der Waals surface area contributed by atoms with Crippen LogP contribution in [0.4, 0.5) is 11.4 Å². The third-order valence-corrected chi connectivity index (χ3v) is 4.40. The molecule has 6 nitrogen and oxygen atoms in total. The van der Waals surface area contributed by atoms with E-state index in [-0.39, 0.29) is 4.90 Å². The first-order valence-electron chi connectivity index (χ1n) is 7.15. The molecule has 0 radical (unpaired) electrons. The standard InChI is InChI=1S/C14H14N2O4S.C2H6/c1-10-7-8-11(2)12(9-10)15-21(19,20)14-6-4-3-5-13(14)16(17)18;1-2/h3-9,15H,1-2H3;1-2H3. The largest absolute Gasteiger partial charge is 0.289 e. The van der Waals surface area contributed by atoms with E-state index in [1.54, 1.807) is 19.1 Å². The minimum absolute atomic E-state index is 0.351. The van der Waals surface area contributed by atoms with Gasteiger partial charge in [-0.25, -0.2) is 8.42 Å². The average Bonchev–Trinajstić information content (AvgIpc) is 2.52. The number of aryl methyl sites for hydroxylation is 2. The van der Waals surface area contributed by atoms with Crippen molar-refractivity contribution in [2.75, 3.05) is 4.72 Å². The van der Waals surface area contributed by atoms with Crippen molar-refractivity contribution in [3.8, 4) is 0 Å². The van der Waals surface area contributed by atoms with Crippen molar-refractivity contribution in [3.05, 3.63) is 63.7 Å². The third-order valence-electron chi connectivity index (χ3n) is 2.99. The molecule has 2 aromatic carbocycles. The van der Waals surface area contributed by atoms with Crippen LogP contribution in [0.1, 0.15) is 25.0 Å². The highest BCUT2D eigenvalue weighted by atomic mass is 32.2. The maximum Gasteiger partial charge on any atom is 0.289 e. The number of nitrogens with one attached hydrogen (secondary N) is 1. The second kappa shape index (κ2) is 7.73. The molecule has 0 saturated heterocycles. The van der Waals surface area contributed by atoms with E-state index in [1.165, 1.54) is 18.2 Å². The van der Waals surface area contributed by atoms with Crippen molar-refractivity contribution in [2.45, 2.75) is 32.6 Å². The number of rotatable bonds is 4. The molecule has 0 bridgehead atoms. The summed E-state index contributed by atoms with van der Waals surface area (Å²) in [6, 6.07) is 10.6. The normalized spacial score (nSPS) is 10.4. The van der Waals surface area contributed by atoms with Gasteiger partial charge in [0.05, 0.1) is 10.6 Å². The molecule has 0 aliphatic rings. The van der Waals surface area contributed by atoms with Gasteiger partial charge in [0.25, 0.3) is 15.7 Å². The first kappa shape index (κ1) is 18.6. The third kappa shape index (κ3) is 4.53. The number of hydrogen-bond acceptors (Lipinski definition) is 4. The summed E-state index contributed by atoms with van der Waals surface area (Å²) in [5.74, 6) is 0. The Kier molecular flexibility index (Phi) is 6.27. The van der Waals surface area contributed by atoms with E-state index < -0.39 is 20.6 Å². The van der Waals surface area contributed by atoms with Gasteiger partial charge in [-0.1, -0.05) is 38.1 Å². The van der Waals surface area contributed by atoms with Gasteiger partial charge in [0.15, 0.2) is 4.90 Å². The van der Waals surface area contributed by atoms with Crippen LogP contribution in [0.15, 0.2) is 47.4 Å². The topological polar surface area (TPSA) is 89.3 Å². The predicted octanol–water partition coefficient (Wildman–Crippen LogP) is 4.04. The smallest absolute Gasteiger partial charge is 0.279 e. The second-order valence-corrected chi connectivity index (χ2v) is 6.30. The number of para-hydroxylation sites is 1. The number of hydrogen-bond donors (Lipinski definition) is 1. The van der Waals surface area contributed by atoms with Crippen molar-refractivity contribution < 1.29 is 13.3 Å². The van der Waals surface area contributed by atoms with Crippen LogP contribution in [0.25, 0.3) is 0 Å². The molecule has 0 saturated carbocycles. The SMILES string of the molecule is CC.Cc1ccc(C)c(NS(=O)(=O)c2ccccc2[N+](=O)[O-])c1. The molecule has 2 rings (SSSR count). The lowest BCUT2D eigenvalue weighted by Crippen LogP contribution is -2.15. The molecule has 0 aliphatic heterocycles. The van der Waals surface area contributed by atoms with Gasteiger partial charge in [-0.2, -0.15) is 0 Å². The summed E-state index contributed by atoms with van der Waals surface area (Å²) in [6.45, 7) is 7.60. The van der Waals surface area contributed by atoms with Crippen molar-refractivity contribution in [1.29, 1.82) is 0 Å². The Bertz CT molecular complexity index is 801. The van der Waals surface area contributed by atoms with Crippen LogP contribution >= 0.6 is 0 Å². The minimum Gasteiger partial charge on any atom is -0.279 e. The lowest BCUT2D eigenvalue weighted by Gasteiger charge is -2.11. The van der Waals surface area contributed by atoms with Gasteiger partial charge < -0.3 is 0 Å². The fraction of sp³-hybridized carbons (Fsp3) is 0.250. The number of anilines is 1. The maximum atomic E-state index is 12.4. The number of nitro groups is 1. The highest BCUT2D eigenvalue weighted by Gasteiger charge is 2.25. The Morgan fingerprint density at radius 1 is 1.04 bits per heavy atom. The number of nitrogens with zero attached hydrogens (tertiary/aromatic N) is 1. The summed E-state index contributed by atoms with van der Waals surface area (Å²) in [6.07, 6.45) is 0. The molecule has 0 spiro atoms. The highest BCUT2D eigenvalue weighted by Crippen LogP contribution is 2.26. The summed E-state index contributed by atoms with van der Waals surface area (Å²) in [5.41, 5.74) is 1.59. The quantitative estimate of drug-likeness (QED) is 0.674. The Morgan fingerprint density at radius 3 is 2.26 bits per heavy atom. The summed E-state index contributed by atoms with van der Waals surface area (Å²) < 4.78 is 27.2. The van der Waals surface area contributed by atoms with Crippen molar-refractivity contribution in [1.82, 2.24) is 0 Å². The number of sulfonamides is 1. The summed E-state index contributed by atoms with van der Waals surface area (Å²) in [5, 5.41) is 11.0. The van der Waals surface area contributed by atoms with Crippen LogP contribution in [0.2, 0.25) is 0 Å². The molecule has 2 aromatic rings. The predicted molar refractivity (Wildman–Crippen MR) is 91.2 cm³/mol. The molecule has 7 heteroatoms. The Balaban J connectivity index is 0.00000127. The Morgan fingerprint density at radius 2 is 1.65 bits per heavy atom. The van der Waals surface area contributed by atoms with Crippen LogP contribution in [-0.2, 0) is 10.0 Å². The summed E-state index contributed by atoms with van der Waals surface area (Å²) >= 11 is 0. The van der Waals surface area contributed by atoms with E-state index >= 15 is 0 Å². The van der Waals surface area contributed by atoms with E-state index in [0.29, 0.717) is 5.69 Å². The van der Waals surface area contributed by atoms with Crippen LogP contribution in [0.3, 0.4) is 0 Å². The van der Waals surface area contributed by atoms with E-state index in [2.05, 4.69) is 4.72 Å². The van der Waals surface area contributed by atoms with E-state index in [1.807, 2.05) is 26.8 Å². The highest BCUT2D eigenvalue weighted by molar-refractivity contribution is 7.92. The lowest BCUT2D eigenvalue weighted by atomic mass is 10.1. The zero-order chi connectivity index (χ0) is 17.6. The molecular formula is C16H20N2O4S. The van der Waals surface area contributed by atoms with Gasteiger partial charge in [0, 0.05) is 6.07 Å². The molecule has 0 amide bonds. The molecule has 0 unspecified atom stereocenters. The molecular weight excluding hydrogens is 316 g/mol. The van der Waals surface area contributed by atoms with Gasteiger partial charge in [-0.3, -0.25) is 14.8 Å². The number of nitro benzene ring substituents is 1. The van der Waals surface area contributed by atoms with Crippen molar-refractivity contribution in [2.24, 2.45) is 0 Å². The molecule has 0 atom stereocenters. The zero-order valence-electron chi connectivity index (χ0n) is 13.5. The average molecular weight is 336 g/mol. The first-order valence-corrected chi connectivity index (χ1v) is 8.63. The maximum absolute atomic E-state index is 12.4. The Hall–Kier alpha value is -2.41. The van der Waals surface area contributed by atoms with E-state index in [0.717, 1.165) is 17.2 Å². The summed E-state index contributed by atoms with van der Waals surface area (Å²) in [7, 11) is -4.02. The molecule has 1 N–H and O–H groups in total. The van der Waals surface area contributed by atoms with Gasteiger partial charge in [-0.05, 0) is 37.1 Å². The van der Waals surface area contributed by atoms with Crippen LogP contribution < -0.4 is 4.72 Å². The molecule has 0 heterocycles. The van der Waals surface area contributed by atoms with Crippen LogP contribution in [0, 0.1) is 24.0 Å². The van der Waals surface area contributed by atoms with E-state index in [9.17, 15) is 18.5 Å². The van der Waals surface area contributed by atoms with E-state index in [4.69, 9.17) is 0 Å². The van der Waals surface area contributed by atoms with Crippen LogP contribution in [0.5, 0.6) is 0 Å². The summed E-state index contributed by atoms with van der Waals surface area (Å²) in [4.78, 5) is 9.89. The van der Waals surface area contributed by atoms with Crippen LogP contribution in [-0.4, -0.2) is 13.3 Å². The molecule has 0 aliphatic carbocycles. The fourth-order valence-electron chi connectivity index (χ4n) is 1.88. The van der Waals surface area contributed by atoms with Gasteiger partial charge in [-0.15, -0.1) is 0 Å². The van der Waals surface area contributed by atoms with Crippen molar-refractivity contribution in [3.63, 3.8) is 0 Å². The lowest BCUT2D eigenvalue weighted by molar-refractivity contribution is -0.387. The molecule has 23 heavy (non-hydrogen) atoms. The molecule has 124 valence electrons. The second-order valence-electron chi connectivity index (χ2n) is 4.65. The molecule has 0 fully saturated rings. The first-order chi connectivity index (χ1) is 10.8. The van der Waals surface area contributed by atoms with Gasteiger partial charge >= 0.3 is 0 Å². The molecule has 0 aromatic heterocycles. The zero-order valence-corrected chi connectivity index (χ0v) is 14.3. The van der Waals surface area contributed by atoms with Gasteiger partial charge in [0.1, 0.15) is 0 Å².